The lowest BCUT2D eigenvalue weighted by Gasteiger charge is -2.32. The second kappa shape index (κ2) is 9.47. The SMILES string of the molecule is Cc1ncsc1-c1ccc([C@H](C)NC(=O)[C@@H]2C[C@@H](O)CN2C(=O)[C@@H](N)C(C)(C)C)cc1Cl. The second-order valence-corrected chi connectivity index (χ2v) is 10.7. The number of amides is 2. The van der Waals surface area contributed by atoms with E-state index in [-0.39, 0.29) is 30.8 Å². The normalized spacial score (nSPS) is 20.8. The van der Waals surface area contributed by atoms with Crippen LogP contribution >= 0.6 is 22.9 Å². The molecule has 2 aromatic rings. The van der Waals surface area contributed by atoms with Crippen molar-refractivity contribution in [2.75, 3.05) is 6.54 Å². The molecule has 0 spiro atoms. The van der Waals surface area contributed by atoms with Gasteiger partial charge in [0, 0.05) is 23.6 Å². The fourth-order valence-electron chi connectivity index (χ4n) is 3.79. The van der Waals surface area contributed by atoms with Crippen molar-refractivity contribution in [2.45, 2.75) is 65.3 Å². The van der Waals surface area contributed by atoms with Gasteiger partial charge in [-0.1, -0.05) is 44.5 Å². The number of likely N-dealkylation sites (tertiary alicyclic amines) is 1. The first kappa shape index (κ1) is 24.6. The predicted molar refractivity (Wildman–Crippen MR) is 127 cm³/mol. The number of thiazole rings is 1. The minimum Gasteiger partial charge on any atom is -0.391 e. The highest BCUT2D eigenvalue weighted by molar-refractivity contribution is 7.13. The number of aromatic nitrogens is 1. The average Bonchev–Trinajstić information content (AvgIpc) is 3.31. The molecule has 0 aliphatic carbocycles. The van der Waals surface area contributed by atoms with Crippen molar-refractivity contribution in [2.24, 2.45) is 11.1 Å². The summed E-state index contributed by atoms with van der Waals surface area (Å²) in [7, 11) is 0. The monoisotopic (exact) mass is 478 g/mol. The highest BCUT2D eigenvalue weighted by Gasteiger charge is 2.42. The molecule has 1 saturated heterocycles. The summed E-state index contributed by atoms with van der Waals surface area (Å²) in [5.74, 6) is -0.642. The molecule has 1 aliphatic heterocycles. The maximum Gasteiger partial charge on any atom is 0.243 e. The molecule has 4 N–H and O–H groups in total. The zero-order chi connectivity index (χ0) is 23.8. The Morgan fingerprint density at radius 3 is 2.62 bits per heavy atom. The Hall–Kier alpha value is -2.00. The van der Waals surface area contributed by atoms with Crippen LogP contribution < -0.4 is 11.1 Å². The molecule has 0 unspecified atom stereocenters. The van der Waals surface area contributed by atoms with E-state index in [0.29, 0.717) is 5.02 Å². The third kappa shape index (κ3) is 5.14. The average molecular weight is 479 g/mol. The molecule has 0 bridgehead atoms. The third-order valence-corrected chi connectivity index (χ3v) is 7.18. The van der Waals surface area contributed by atoms with E-state index in [4.69, 9.17) is 17.3 Å². The first-order valence-electron chi connectivity index (χ1n) is 10.6. The van der Waals surface area contributed by atoms with Crippen LogP contribution in [0.3, 0.4) is 0 Å². The molecule has 1 aromatic heterocycles. The number of rotatable bonds is 5. The van der Waals surface area contributed by atoms with Crippen molar-refractivity contribution < 1.29 is 14.7 Å². The van der Waals surface area contributed by atoms with Crippen LogP contribution in [-0.4, -0.2) is 51.5 Å². The molecule has 7 nitrogen and oxygen atoms in total. The van der Waals surface area contributed by atoms with E-state index in [1.54, 1.807) is 5.51 Å². The summed E-state index contributed by atoms with van der Waals surface area (Å²) in [6.45, 7) is 9.53. The molecular formula is C23H31ClN4O3S. The fourth-order valence-corrected chi connectivity index (χ4v) is 4.98. The number of hydrogen-bond donors (Lipinski definition) is 3. The molecule has 2 amide bonds. The van der Waals surface area contributed by atoms with E-state index in [9.17, 15) is 14.7 Å². The molecule has 174 valence electrons. The van der Waals surface area contributed by atoms with Crippen LogP contribution in [0.2, 0.25) is 5.02 Å². The Bertz CT molecular complexity index is 1000. The molecule has 0 radical (unpaired) electrons. The number of aliphatic hydroxyl groups is 1. The minimum atomic E-state index is -0.762. The molecule has 9 heteroatoms. The number of hydrogen-bond acceptors (Lipinski definition) is 6. The van der Waals surface area contributed by atoms with Crippen LogP contribution in [-0.2, 0) is 9.59 Å². The Labute approximate surface area is 198 Å². The number of aliphatic hydroxyl groups excluding tert-OH is 1. The van der Waals surface area contributed by atoms with Gasteiger partial charge in [0.1, 0.15) is 6.04 Å². The Morgan fingerprint density at radius 2 is 2.06 bits per heavy atom. The molecule has 2 heterocycles. The van der Waals surface area contributed by atoms with Crippen LogP contribution in [0.5, 0.6) is 0 Å². The number of nitrogens with two attached hydrogens (primary N) is 1. The number of carbonyl (C=O) groups is 2. The minimum absolute atomic E-state index is 0.101. The molecule has 0 saturated carbocycles. The summed E-state index contributed by atoms with van der Waals surface area (Å²) in [6.07, 6.45) is -0.570. The Kier molecular flexibility index (Phi) is 7.29. The topological polar surface area (TPSA) is 109 Å². The van der Waals surface area contributed by atoms with Crippen LogP contribution in [0.25, 0.3) is 10.4 Å². The van der Waals surface area contributed by atoms with E-state index in [2.05, 4.69) is 10.3 Å². The van der Waals surface area contributed by atoms with Gasteiger partial charge in [-0.15, -0.1) is 11.3 Å². The smallest absolute Gasteiger partial charge is 0.243 e. The first-order valence-corrected chi connectivity index (χ1v) is 11.9. The number of nitrogens with zero attached hydrogens (tertiary/aromatic N) is 2. The molecule has 1 aromatic carbocycles. The number of halogens is 1. The quantitative estimate of drug-likeness (QED) is 0.611. The van der Waals surface area contributed by atoms with Crippen LogP contribution in [0.15, 0.2) is 23.7 Å². The van der Waals surface area contributed by atoms with Crippen molar-refractivity contribution in [3.63, 3.8) is 0 Å². The van der Waals surface area contributed by atoms with Gasteiger partial charge >= 0.3 is 0 Å². The summed E-state index contributed by atoms with van der Waals surface area (Å²) in [5, 5.41) is 13.7. The van der Waals surface area contributed by atoms with Crippen molar-refractivity contribution in [3.8, 4) is 10.4 Å². The number of β-amino-alcohol motifs (C(OH)–C–C–N with tert-alkyl or cyclic N) is 1. The zero-order valence-corrected chi connectivity index (χ0v) is 20.6. The summed E-state index contributed by atoms with van der Waals surface area (Å²) in [4.78, 5) is 32.7. The highest BCUT2D eigenvalue weighted by atomic mass is 35.5. The summed E-state index contributed by atoms with van der Waals surface area (Å²) in [5.41, 5.74) is 10.1. The standard InChI is InChI=1S/C23H31ClN4O3S/c1-12(14-6-7-16(17(24)8-14)19-13(2)26-11-32-19)27-21(30)18-9-15(29)10-28(18)22(31)20(25)23(3,4)5/h6-8,11-12,15,18,20,29H,9-10,25H2,1-5H3,(H,27,30)/t12-,15+,18-,20+/m0/s1. The van der Waals surface area contributed by atoms with Crippen LogP contribution in [0, 0.1) is 12.3 Å². The van der Waals surface area contributed by atoms with E-state index < -0.39 is 23.6 Å². The van der Waals surface area contributed by atoms with Crippen LogP contribution in [0.1, 0.15) is 51.4 Å². The fraction of sp³-hybridized carbons (Fsp3) is 0.522. The van der Waals surface area contributed by atoms with Gasteiger partial charge in [-0.3, -0.25) is 9.59 Å². The lowest BCUT2D eigenvalue weighted by atomic mass is 9.86. The number of nitrogens with one attached hydrogen (secondary N) is 1. The van der Waals surface area contributed by atoms with Gasteiger partial charge in [-0.05, 0) is 30.9 Å². The third-order valence-electron chi connectivity index (χ3n) is 5.91. The molecule has 1 fully saturated rings. The first-order chi connectivity index (χ1) is 14.9. The Morgan fingerprint density at radius 1 is 1.38 bits per heavy atom. The van der Waals surface area contributed by atoms with Crippen molar-refractivity contribution in [1.29, 1.82) is 0 Å². The van der Waals surface area contributed by atoms with E-state index in [0.717, 1.165) is 21.7 Å². The Balaban J connectivity index is 1.73. The van der Waals surface area contributed by atoms with Crippen molar-refractivity contribution in [1.82, 2.24) is 15.2 Å². The molecule has 4 atom stereocenters. The van der Waals surface area contributed by atoms with Gasteiger partial charge in [0.25, 0.3) is 0 Å². The van der Waals surface area contributed by atoms with Gasteiger partial charge < -0.3 is 21.1 Å². The van der Waals surface area contributed by atoms with E-state index in [1.165, 1.54) is 16.2 Å². The molecule has 3 rings (SSSR count). The molecule has 32 heavy (non-hydrogen) atoms. The van der Waals surface area contributed by atoms with Crippen LogP contribution in [0.4, 0.5) is 0 Å². The van der Waals surface area contributed by atoms with Gasteiger partial charge in [0.2, 0.25) is 11.8 Å². The van der Waals surface area contributed by atoms with E-state index >= 15 is 0 Å². The number of benzene rings is 1. The maximum absolute atomic E-state index is 13.0. The predicted octanol–water partition coefficient (Wildman–Crippen LogP) is 3.28. The number of aryl methyl sites for hydroxylation is 1. The molecule has 1 aliphatic rings. The van der Waals surface area contributed by atoms with E-state index in [1.807, 2.05) is 52.8 Å². The van der Waals surface area contributed by atoms with Gasteiger partial charge in [0.15, 0.2) is 0 Å². The van der Waals surface area contributed by atoms with Crippen molar-refractivity contribution >= 4 is 34.8 Å². The highest BCUT2D eigenvalue weighted by Crippen LogP contribution is 2.35. The van der Waals surface area contributed by atoms with Crippen molar-refractivity contribution in [3.05, 3.63) is 40.0 Å². The van der Waals surface area contributed by atoms with Gasteiger partial charge in [-0.2, -0.15) is 0 Å². The molecular weight excluding hydrogens is 448 g/mol. The summed E-state index contributed by atoms with van der Waals surface area (Å²) >= 11 is 8.06. The van der Waals surface area contributed by atoms with Gasteiger partial charge in [0.05, 0.1) is 34.3 Å². The summed E-state index contributed by atoms with van der Waals surface area (Å²) in [6, 6.07) is 3.83. The van der Waals surface area contributed by atoms with Gasteiger partial charge in [-0.25, -0.2) is 4.98 Å². The second-order valence-electron chi connectivity index (χ2n) is 9.48. The summed E-state index contributed by atoms with van der Waals surface area (Å²) < 4.78 is 0. The number of carbonyl (C=O) groups excluding carboxylic acids is 2. The lowest BCUT2D eigenvalue weighted by Crippen LogP contribution is -2.55. The lowest BCUT2D eigenvalue weighted by molar-refractivity contribution is -0.141. The zero-order valence-electron chi connectivity index (χ0n) is 19.1. The largest absolute Gasteiger partial charge is 0.391 e. The maximum atomic E-state index is 13.0.